The Hall–Kier alpha value is -4.01. The number of hydrogen-bond donors (Lipinski definition) is 0. The summed E-state index contributed by atoms with van der Waals surface area (Å²) in [6, 6.07) is 13.4. The minimum Gasteiger partial charge on any atom is -0.486 e. The van der Waals surface area contributed by atoms with E-state index in [0.29, 0.717) is 28.2 Å². The predicted molar refractivity (Wildman–Crippen MR) is 107 cm³/mol. The molecular formula is C22H17F2N3O4. The minimum atomic E-state index is -0.839. The quantitative estimate of drug-likeness (QED) is 0.337. The van der Waals surface area contributed by atoms with E-state index in [4.69, 9.17) is 14.2 Å². The maximum Gasteiger partial charge on any atom is 0.337 e. The van der Waals surface area contributed by atoms with Crippen molar-refractivity contribution < 1.29 is 27.8 Å². The Labute approximate surface area is 175 Å². The van der Waals surface area contributed by atoms with Crippen LogP contribution in [0, 0.1) is 11.8 Å². The topological polar surface area (TPSA) is 75.5 Å². The molecule has 0 amide bonds. The average Bonchev–Trinajstić information content (AvgIpc) is 3.09. The van der Waals surface area contributed by atoms with Crippen molar-refractivity contribution in [1.29, 1.82) is 0 Å². The van der Waals surface area contributed by atoms with Gasteiger partial charge in [-0.2, -0.15) is 9.37 Å². The predicted octanol–water partition coefficient (Wildman–Crippen LogP) is 4.40. The number of methoxy groups -OCH3 is 1. The van der Waals surface area contributed by atoms with Crippen molar-refractivity contribution in [3.8, 4) is 17.4 Å². The zero-order chi connectivity index (χ0) is 22.0. The van der Waals surface area contributed by atoms with Crippen LogP contribution < -0.4 is 9.47 Å². The maximum absolute atomic E-state index is 13.8. The van der Waals surface area contributed by atoms with E-state index in [2.05, 4.69) is 9.97 Å². The lowest BCUT2D eigenvalue weighted by molar-refractivity contribution is 0.0600. The normalized spacial score (nSPS) is 10.8. The van der Waals surface area contributed by atoms with Crippen LogP contribution in [0.15, 0.2) is 54.6 Å². The average molecular weight is 425 g/mol. The van der Waals surface area contributed by atoms with Gasteiger partial charge in [0.1, 0.15) is 23.9 Å². The lowest BCUT2D eigenvalue weighted by Crippen LogP contribution is -2.05. The third-order valence-corrected chi connectivity index (χ3v) is 4.56. The highest BCUT2D eigenvalue weighted by atomic mass is 19.1. The van der Waals surface area contributed by atoms with E-state index in [1.165, 1.54) is 7.11 Å². The summed E-state index contributed by atoms with van der Waals surface area (Å²) in [4.78, 5) is 19.6. The maximum atomic E-state index is 13.8. The number of esters is 1. The molecule has 0 aliphatic rings. The van der Waals surface area contributed by atoms with Crippen LogP contribution in [0.3, 0.4) is 0 Å². The fourth-order valence-electron chi connectivity index (χ4n) is 2.97. The van der Waals surface area contributed by atoms with Gasteiger partial charge in [-0.1, -0.05) is 6.07 Å². The van der Waals surface area contributed by atoms with Crippen LogP contribution in [0.5, 0.6) is 17.4 Å². The van der Waals surface area contributed by atoms with E-state index >= 15 is 0 Å². The van der Waals surface area contributed by atoms with Gasteiger partial charge in [-0.15, -0.1) is 0 Å². The minimum absolute atomic E-state index is 0.145. The van der Waals surface area contributed by atoms with Crippen LogP contribution >= 0.6 is 0 Å². The monoisotopic (exact) mass is 425 g/mol. The molecule has 31 heavy (non-hydrogen) atoms. The molecule has 0 saturated heterocycles. The van der Waals surface area contributed by atoms with Gasteiger partial charge in [0.15, 0.2) is 5.82 Å². The Balaban J connectivity index is 1.54. The van der Waals surface area contributed by atoms with Crippen molar-refractivity contribution >= 4 is 17.0 Å². The molecule has 0 saturated carbocycles. The number of carbonyl (C=O) groups excluding carboxylic acids is 1. The molecule has 0 bridgehead atoms. The third kappa shape index (κ3) is 4.30. The Bertz CT molecular complexity index is 1270. The third-order valence-electron chi connectivity index (χ3n) is 4.56. The van der Waals surface area contributed by atoms with Crippen LogP contribution in [0.1, 0.15) is 16.2 Å². The van der Waals surface area contributed by atoms with E-state index in [1.54, 1.807) is 54.1 Å². The summed E-state index contributed by atoms with van der Waals surface area (Å²) in [6.45, 7) is 0.145. The van der Waals surface area contributed by atoms with Crippen LogP contribution in [0.4, 0.5) is 8.78 Å². The van der Waals surface area contributed by atoms with Gasteiger partial charge in [0.25, 0.3) is 5.88 Å². The van der Waals surface area contributed by atoms with Gasteiger partial charge < -0.3 is 18.8 Å². The summed E-state index contributed by atoms with van der Waals surface area (Å²) < 4.78 is 44.7. The van der Waals surface area contributed by atoms with Crippen molar-refractivity contribution in [3.63, 3.8) is 0 Å². The fraction of sp³-hybridized carbons (Fsp3) is 0.136. The zero-order valence-electron chi connectivity index (χ0n) is 16.6. The van der Waals surface area contributed by atoms with E-state index < -0.39 is 23.6 Å². The standard InChI is InChI=1S/C22H17F2N3O4/c1-27-18-11-15(31-21-16(23)7-9-19(24)26-21)6-8-17(18)25-20(27)12-30-14-5-3-4-13(10-14)22(28)29-2/h3-11H,12H2,1-2H3. The number of aromatic nitrogens is 3. The molecular weight excluding hydrogens is 408 g/mol. The number of fused-ring (bicyclic) bond motifs is 1. The molecule has 7 nitrogen and oxygen atoms in total. The molecule has 0 N–H and O–H groups in total. The highest BCUT2D eigenvalue weighted by Crippen LogP contribution is 2.27. The van der Waals surface area contributed by atoms with Gasteiger partial charge in [0.2, 0.25) is 5.95 Å². The van der Waals surface area contributed by atoms with Crippen LogP contribution in [0.2, 0.25) is 0 Å². The van der Waals surface area contributed by atoms with Crippen molar-refractivity contribution in [1.82, 2.24) is 14.5 Å². The van der Waals surface area contributed by atoms with Crippen molar-refractivity contribution in [2.24, 2.45) is 7.05 Å². The Kier molecular flexibility index (Phi) is 5.48. The summed E-state index contributed by atoms with van der Waals surface area (Å²) in [7, 11) is 3.11. The summed E-state index contributed by atoms with van der Waals surface area (Å²) in [5.74, 6) is -1.12. The van der Waals surface area contributed by atoms with Crippen LogP contribution in [-0.2, 0) is 18.4 Å². The molecule has 2 aromatic carbocycles. The number of carbonyl (C=O) groups is 1. The van der Waals surface area contributed by atoms with Crippen LogP contribution in [-0.4, -0.2) is 27.6 Å². The molecule has 4 aromatic rings. The second-order valence-electron chi connectivity index (χ2n) is 6.57. The zero-order valence-corrected chi connectivity index (χ0v) is 16.6. The molecule has 0 aliphatic carbocycles. The largest absolute Gasteiger partial charge is 0.486 e. The highest BCUT2D eigenvalue weighted by Gasteiger charge is 2.13. The van der Waals surface area contributed by atoms with Gasteiger partial charge in [0, 0.05) is 13.1 Å². The summed E-state index contributed by atoms with van der Waals surface area (Å²) in [5.41, 5.74) is 1.76. The molecule has 0 unspecified atom stereocenters. The smallest absolute Gasteiger partial charge is 0.337 e. The first-order chi connectivity index (χ1) is 14.9. The summed E-state index contributed by atoms with van der Waals surface area (Å²) in [5, 5.41) is 0. The Morgan fingerprint density at radius 2 is 1.87 bits per heavy atom. The first-order valence-electron chi connectivity index (χ1n) is 9.21. The molecule has 0 aliphatic heterocycles. The summed E-state index contributed by atoms with van der Waals surface area (Å²) >= 11 is 0. The van der Waals surface area contributed by atoms with E-state index in [-0.39, 0.29) is 12.4 Å². The van der Waals surface area contributed by atoms with Gasteiger partial charge in [-0.3, -0.25) is 0 Å². The molecule has 4 rings (SSSR count). The Morgan fingerprint density at radius 1 is 1.03 bits per heavy atom. The number of benzene rings is 2. The molecule has 9 heteroatoms. The number of ether oxygens (including phenoxy) is 3. The van der Waals surface area contributed by atoms with Gasteiger partial charge in [-0.25, -0.2) is 14.2 Å². The fourth-order valence-corrected chi connectivity index (χ4v) is 2.97. The van der Waals surface area contributed by atoms with Crippen molar-refractivity contribution in [2.75, 3.05) is 7.11 Å². The summed E-state index contributed by atoms with van der Waals surface area (Å²) in [6.07, 6.45) is 0. The highest BCUT2D eigenvalue weighted by molar-refractivity contribution is 5.89. The first-order valence-corrected chi connectivity index (χ1v) is 9.21. The van der Waals surface area contributed by atoms with E-state index in [1.807, 2.05) is 0 Å². The second kappa shape index (κ2) is 8.39. The van der Waals surface area contributed by atoms with Crippen molar-refractivity contribution in [3.05, 3.63) is 77.8 Å². The number of hydrogen-bond acceptors (Lipinski definition) is 6. The number of pyridine rings is 1. The van der Waals surface area contributed by atoms with E-state index in [9.17, 15) is 13.6 Å². The van der Waals surface area contributed by atoms with Gasteiger partial charge in [-0.05, 0) is 42.5 Å². The van der Waals surface area contributed by atoms with Gasteiger partial charge >= 0.3 is 5.97 Å². The number of rotatable bonds is 6. The molecule has 2 aromatic heterocycles. The molecule has 0 radical (unpaired) electrons. The number of halogens is 2. The van der Waals surface area contributed by atoms with Gasteiger partial charge in [0.05, 0.1) is 23.7 Å². The van der Waals surface area contributed by atoms with E-state index in [0.717, 1.165) is 12.1 Å². The number of imidazole rings is 1. The molecule has 0 spiro atoms. The lowest BCUT2D eigenvalue weighted by atomic mass is 10.2. The molecule has 0 atom stereocenters. The van der Waals surface area contributed by atoms with Crippen LogP contribution in [0.25, 0.3) is 11.0 Å². The van der Waals surface area contributed by atoms with Crippen molar-refractivity contribution in [2.45, 2.75) is 6.61 Å². The SMILES string of the molecule is COC(=O)c1cccc(OCc2nc3ccc(Oc4nc(F)ccc4F)cc3n2C)c1. The first kappa shape index (κ1) is 20.3. The molecule has 0 fully saturated rings. The number of aryl methyl sites for hydroxylation is 1. The second-order valence-corrected chi connectivity index (χ2v) is 6.57. The molecule has 2 heterocycles. The number of nitrogens with zero attached hydrogens (tertiary/aromatic N) is 3. The molecule has 158 valence electrons. The lowest BCUT2D eigenvalue weighted by Gasteiger charge is -2.08. The Morgan fingerprint density at radius 3 is 2.68 bits per heavy atom.